The lowest BCUT2D eigenvalue weighted by Gasteiger charge is -2.29. The molecule has 1 fully saturated rings. The minimum absolute atomic E-state index is 0.144. The third-order valence-electron chi connectivity index (χ3n) is 3.74. The molecule has 0 aliphatic heterocycles. The number of alkyl halides is 3. The van der Waals surface area contributed by atoms with Crippen LogP contribution in [0.3, 0.4) is 0 Å². The lowest BCUT2D eigenvalue weighted by molar-refractivity contribution is -0.274. The maximum Gasteiger partial charge on any atom is 0.573 e. The van der Waals surface area contributed by atoms with Gasteiger partial charge in [0.05, 0.1) is 10.6 Å². The quantitative estimate of drug-likeness (QED) is 0.680. The van der Waals surface area contributed by atoms with E-state index in [1.54, 1.807) is 0 Å². The van der Waals surface area contributed by atoms with Gasteiger partial charge in [-0.3, -0.25) is 0 Å². The fraction of sp³-hybridized carbons (Fsp3) is 0.600. The molecule has 1 aliphatic carbocycles. The van der Waals surface area contributed by atoms with E-state index < -0.39 is 6.36 Å². The Bertz CT molecular complexity index is 476. The maximum absolute atomic E-state index is 12.2. The van der Waals surface area contributed by atoms with Crippen LogP contribution in [0.4, 0.5) is 13.2 Å². The van der Waals surface area contributed by atoms with E-state index in [0.717, 1.165) is 25.7 Å². The summed E-state index contributed by atoms with van der Waals surface area (Å²) < 4.78 is 46.6. The molecule has 2 rings (SSSR count). The van der Waals surface area contributed by atoms with Crippen molar-refractivity contribution in [3.8, 4) is 11.5 Å². The third-order valence-corrected chi connectivity index (χ3v) is 4.36. The van der Waals surface area contributed by atoms with Gasteiger partial charge < -0.3 is 9.47 Å². The number of rotatable bonds is 4. The van der Waals surface area contributed by atoms with Crippen LogP contribution in [0.1, 0.15) is 39.0 Å². The number of halogens is 4. The van der Waals surface area contributed by atoms with Gasteiger partial charge in [0.25, 0.3) is 0 Å². The Labute approximate surface area is 130 Å². The van der Waals surface area contributed by atoms with E-state index in [4.69, 9.17) is 4.74 Å². The molecule has 0 aromatic heterocycles. The lowest BCUT2D eigenvalue weighted by Crippen LogP contribution is -2.25. The first-order valence-corrected chi connectivity index (χ1v) is 7.88. The fourth-order valence-corrected chi connectivity index (χ4v) is 3.11. The largest absolute Gasteiger partial charge is 0.573 e. The Hall–Kier alpha value is -0.910. The molecule has 0 N–H and O–H groups in total. The molecule has 1 aromatic carbocycles. The Morgan fingerprint density at radius 2 is 2.05 bits per heavy atom. The van der Waals surface area contributed by atoms with Gasteiger partial charge in [-0.25, -0.2) is 0 Å². The van der Waals surface area contributed by atoms with Crippen LogP contribution >= 0.6 is 15.9 Å². The Kier molecular flexibility index (Phi) is 5.41. The summed E-state index contributed by atoms with van der Waals surface area (Å²) in [4.78, 5) is 0. The molecule has 0 spiro atoms. The Balaban J connectivity index is 2.00. The normalized spacial score (nSPS) is 22.9. The average molecular weight is 367 g/mol. The summed E-state index contributed by atoms with van der Waals surface area (Å²) in [5, 5.41) is 0. The van der Waals surface area contributed by atoms with E-state index >= 15 is 0 Å². The van der Waals surface area contributed by atoms with Gasteiger partial charge in [0.2, 0.25) is 0 Å². The second kappa shape index (κ2) is 6.90. The molecular formula is C15H18BrF3O2. The van der Waals surface area contributed by atoms with Gasteiger partial charge in [-0.05, 0) is 59.3 Å². The highest BCUT2D eigenvalue weighted by Crippen LogP contribution is 2.35. The fourth-order valence-electron chi connectivity index (χ4n) is 2.67. The second-order valence-corrected chi connectivity index (χ2v) is 6.18. The molecule has 0 heterocycles. The van der Waals surface area contributed by atoms with Crippen LogP contribution in [0, 0.1) is 5.92 Å². The van der Waals surface area contributed by atoms with E-state index in [1.165, 1.54) is 24.6 Å². The van der Waals surface area contributed by atoms with Crippen LogP contribution in [-0.2, 0) is 0 Å². The van der Waals surface area contributed by atoms with Gasteiger partial charge >= 0.3 is 6.36 Å². The SMILES string of the molecule is CCC1CCCC(Oc2ccc(OC(F)(F)F)c(Br)c2)C1. The molecule has 1 saturated carbocycles. The zero-order valence-corrected chi connectivity index (χ0v) is 13.3. The van der Waals surface area contributed by atoms with Crippen molar-refractivity contribution >= 4 is 15.9 Å². The Morgan fingerprint density at radius 3 is 2.67 bits per heavy atom. The minimum Gasteiger partial charge on any atom is -0.490 e. The van der Waals surface area contributed by atoms with Crippen LogP contribution in [0.25, 0.3) is 0 Å². The molecule has 0 saturated heterocycles. The molecule has 0 radical (unpaired) electrons. The van der Waals surface area contributed by atoms with Crippen molar-refractivity contribution in [2.45, 2.75) is 51.5 Å². The smallest absolute Gasteiger partial charge is 0.490 e. The molecule has 0 bridgehead atoms. The molecule has 2 unspecified atom stereocenters. The highest BCUT2D eigenvalue weighted by molar-refractivity contribution is 9.10. The van der Waals surface area contributed by atoms with Crippen molar-refractivity contribution in [1.82, 2.24) is 0 Å². The van der Waals surface area contributed by atoms with Gasteiger partial charge in [0, 0.05) is 0 Å². The highest BCUT2D eigenvalue weighted by Gasteiger charge is 2.32. The van der Waals surface area contributed by atoms with Crippen LogP contribution in [-0.4, -0.2) is 12.5 Å². The van der Waals surface area contributed by atoms with Crippen LogP contribution in [0.15, 0.2) is 22.7 Å². The van der Waals surface area contributed by atoms with E-state index in [2.05, 4.69) is 27.6 Å². The lowest BCUT2D eigenvalue weighted by atomic mass is 9.85. The van der Waals surface area contributed by atoms with Gasteiger partial charge in [0.1, 0.15) is 11.5 Å². The van der Waals surface area contributed by atoms with E-state index in [9.17, 15) is 13.2 Å². The molecule has 1 aromatic rings. The standard InChI is InChI=1S/C15H18BrF3O2/c1-2-10-4-3-5-11(8-10)20-12-6-7-14(13(16)9-12)21-15(17,18)19/h6-7,9-11H,2-5,8H2,1H3. The summed E-state index contributed by atoms with van der Waals surface area (Å²) in [6, 6.07) is 4.31. The summed E-state index contributed by atoms with van der Waals surface area (Å²) in [5.41, 5.74) is 0. The summed E-state index contributed by atoms with van der Waals surface area (Å²) >= 11 is 3.09. The highest BCUT2D eigenvalue weighted by atomic mass is 79.9. The van der Waals surface area contributed by atoms with Gasteiger partial charge in [0.15, 0.2) is 0 Å². The van der Waals surface area contributed by atoms with Crippen LogP contribution < -0.4 is 9.47 Å². The van der Waals surface area contributed by atoms with Crippen molar-refractivity contribution in [3.63, 3.8) is 0 Å². The molecule has 6 heteroatoms. The molecule has 2 nitrogen and oxygen atoms in total. The summed E-state index contributed by atoms with van der Waals surface area (Å²) in [6.07, 6.45) is 0.969. The van der Waals surface area contributed by atoms with Crippen molar-refractivity contribution < 1.29 is 22.6 Å². The first-order valence-electron chi connectivity index (χ1n) is 7.09. The number of hydrogen-bond donors (Lipinski definition) is 0. The Morgan fingerprint density at radius 1 is 1.29 bits per heavy atom. The summed E-state index contributed by atoms with van der Waals surface area (Å²) in [6.45, 7) is 2.17. The van der Waals surface area contributed by atoms with E-state index in [-0.39, 0.29) is 16.3 Å². The monoisotopic (exact) mass is 366 g/mol. The molecule has 1 aliphatic rings. The molecular weight excluding hydrogens is 349 g/mol. The van der Waals surface area contributed by atoms with Crippen molar-refractivity contribution in [2.24, 2.45) is 5.92 Å². The van der Waals surface area contributed by atoms with Crippen molar-refractivity contribution in [2.75, 3.05) is 0 Å². The van der Waals surface area contributed by atoms with E-state index in [1.807, 2.05) is 0 Å². The third kappa shape index (κ3) is 5.09. The number of benzene rings is 1. The molecule has 0 amide bonds. The predicted octanol–water partition coefficient (Wildman–Crippen LogP) is 5.70. The van der Waals surface area contributed by atoms with E-state index in [0.29, 0.717) is 11.7 Å². The van der Waals surface area contributed by atoms with Gasteiger partial charge in [-0.15, -0.1) is 13.2 Å². The summed E-state index contributed by atoms with van der Waals surface area (Å²) in [5.74, 6) is 0.989. The van der Waals surface area contributed by atoms with Crippen molar-refractivity contribution in [3.05, 3.63) is 22.7 Å². The predicted molar refractivity (Wildman–Crippen MR) is 77.5 cm³/mol. The topological polar surface area (TPSA) is 18.5 Å². The molecule has 2 atom stereocenters. The van der Waals surface area contributed by atoms with Gasteiger partial charge in [-0.1, -0.05) is 19.8 Å². The van der Waals surface area contributed by atoms with Crippen LogP contribution in [0.2, 0.25) is 0 Å². The molecule has 21 heavy (non-hydrogen) atoms. The maximum atomic E-state index is 12.2. The van der Waals surface area contributed by atoms with Crippen molar-refractivity contribution in [1.29, 1.82) is 0 Å². The summed E-state index contributed by atoms with van der Waals surface area (Å²) in [7, 11) is 0. The first-order chi connectivity index (χ1) is 9.87. The first kappa shape index (κ1) is 16.5. The van der Waals surface area contributed by atoms with Gasteiger partial charge in [-0.2, -0.15) is 0 Å². The van der Waals surface area contributed by atoms with Crippen LogP contribution in [0.5, 0.6) is 11.5 Å². The number of hydrogen-bond acceptors (Lipinski definition) is 2. The number of ether oxygens (including phenoxy) is 2. The average Bonchev–Trinajstić information content (AvgIpc) is 2.41. The second-order valence-electron chi connectivity index (χ2n) is 5.32. The zero-order chi connectivity index (χ0) is 15.5. The minimum atomic E-state index is -4.69. The zero-order valence-electron chi connectivity index (χ0n) is 11.8. The molecule has 118 valence electrons.